The number of fused-ring (bicyclic) bond motifs is 1. The Balaban J connectivity index is 1.76. The molecule has 3 rings (SSSR count). The number of nitrogens with zero attached hydrogens (tertiary/aromatic N) is 3. The third-order valence-electron chi connectivity index (χ3n) is 3.93. The van der Waals surface area contributed by atoms with Gasteiger partial charge in [0.15, 0.2) is 5.65 Å². The van der Waals surface area contributed by atoms with Gasteiger partial charge >= 0.3 is 0 Å². The summed E-state index contributed by atoms with van der Waals surface area (Å²) in [6, 6.07) is 5.83. The van der Waals surface area contributed by atoms with Crippen molar-refractivity contribution in [1.29, 1.82) is 0 Å². The second-order valence-electron chi connectivity index (χ2n) is 5.25. The molecule has 2 aromatic rings. The molecule has 110 valence electrons. The lowest BCUT2D eigenvalue weighted by Crippen LogP contribution is -2.39. The molecule has 1 N–H and O–H groups in total. The van der Waals surface area contributed by atoms with Gasteiger partial charge in [0.05, 0.1) is 5.02 Å². The van der Waals surface area contributed by atoms with Crippen molar-refractivity contribution in [2.75, 3.05) is 25.0 Å². The summed E-state index contributed by atoms with van der Waals surface area (Å²) in [7, 11) is 1.69. The van der Waals surface area contributed by atoms with E-state index in [4.69, 9.17) is 11.6 Å². The Morgan fingerprint density at radius 2 is 2.14 bits per heavy atom. The van der Waals surface area contributed by atoms with E-state index >= 15 is 0 Å². The molecule has 0 aliphatic carbocycles. The molecule has 0 radical (unpaired) electrons. The van der Waals surface area contributed by atoms with Gasteiger partial charge in [-0.15, -0.1) is 0 Å². The van der Waals surface area contributed by atoms with Gasteiger partial charge < -0.3 is 10.2 Å². The van der Waals surface area contributed by atoms with Crippen LogP contribution in [0.4, 0.5) is 5.82 Å². The van der Waals surface area contributed by atoms with Gasteiger partial charge in [-0.1, -0.05) is 11.6 Å². The van der Waals surface area contributed by atoms with Crippen LogP contribution >= 0.6 is 11.6 Å². The highest BCUT2D eigenvalue weighted by molar-refractivity contribution is 6.31. The van der Waals surface area contributed by atoms with Gasteiger partial charge in [-0.05, 0) is 31.0 Å². The number of anilines is 1. The minimum Gasteiger partial charge on any atom is -0.359 e. The summed E-state index contributed by atoms with van der Waals surface area (Å²) in [5.41, 5.74) is 0.699. The van der Waals surface area contributed by atoms with Gasteiger partial charge in [-0.3, -0.25) is 4.79 Å². The number of carbonyl (C=O) groups excluding carboxylic acids is 1. The zero-order valence-electron chi connectivity index (χ0n) is 11.8. The maximum atomic E-state index is 11.6. The van der Waals surface area contributed by atoms with Crippen LogP contribution in [0.25, 0.3) is 11.0 Å². The summed E-state index contributed by atoms with van der Waals surface area (Å²) < 4.78 is 0. The fraction of sp³-hybridized carbons (Fsp3) is 0.400. The molecule has 6 heteroatoms. The fourth-order valence-electron chi connectivity index (χ4n) is 2.72. The van der Waals surface area contributed by atoms with E-state index < -0.39 is 0 Å². The topological polar surface area (TPSA) is 58.1 Å². The molecule has 0 unspecified atom stereocenters. The maximum absolute atomic E-state index is 11.6. The molecule has 0 saturated carbocycles. The van der Waals surface area contributed by atoms with E-state index in [2.05, 4.69) is 20.2 Å². The number of aromatic nitrogens is 2. The average molecular weight is 305 g/mol. The van der Waals surface area contributed by atoms with E-state index in [1.165, 1.54) is 0 Å². The summed E-state index contributed by atoms with van der Waals surface area (Å²) >= 11 is 5.93. The van der Waals surface area contributed by atoms with Crippen molar-refractivity contribution in [2.24, 2.45) is 5.92 Å². The number of piperidine rings is 1. The Kier molecular flexibility index (Phi) is 3.92. The lowest BCUT2D eigenvalue weighted by molar-refractivity contribution is -0.125. The Morgan fingerprint density at radius 3 is 2.86 bits per heavy atom. The second-order valence-corrected chi connectivity index (χ2v) is 5.68. The molecular weight excluding hydrogens is 288 g/mol. The maximum Gasteiger partial charge on any atom is 0.222 e. The SMILES string of the molecule is CNC(=O)C1CCN(c2ccc3cc(Cl)cnc3n2)CC1. The third kappa shape index (κ3) is 2.93. The number of amides is 1. The van der Waals surface area contributed by atoms with Gasteiger partial charge in [0.2, 0.25) is 5.91 Å². The molecule has 5 nitrogen and oxygen atoms in total. The van der Waals surface area contributed by atoms with E-state index in [9.17, 15) is 4.79 Å². The molecule has 0 aromatic carbocycles. The molecule has 0 bridgehead atoms. The highest BCUT2D eigenvalue weighted by Gasteiger charge is 2.24. The lowest BCUT2D eigenvalue weighted by Gasteiger charge is -2.31. The van der Waals surface area contributed by atoms with Gasteiger partial charge in [-0.25, -0.2) is 9.97 Å². The van der Waals surface area contributed by atoms with Crippen LogP contribution in [0.15, 0.2) is 24.4 Å². The van der Waals surface area contributed by atoms with Crippen molar-refractivity contribution >= 4 is 34.4 Å². The van der Waals surface area contributed by atoms with Gasteiger partial charge in [0.1, 0.15) is 5.82 Å². The fourth-order valence-corrected chi connectivity index (χ4v) is 2.89. The Hall–Kier alpha value is -1.88. The van der Waals surface area contributed by atoms with Crippen LogP contribution in [0.2, 0.25) is 5.02 Å². The van der Waals surface area contributed by atoms with Crippen LogP contribution in [0, 0.1) is 5.92 Å². The average Bonchev–Trinajstić information content (AvgIpc) is 2.53. The second kappa shape index (κ2) is 5.85. The van der Waals surface area contributed by atoms with Crippen molar-refractivity contribution in [3.8, 4) is 0 Å². The number of hydrogen-bond donors (Lipinski definition) is 1. The Bertz CT molecular complexity index is 668. The van der Waals surface area contributed by atoms with Crippen LogP contribution in [0.3, 0.4) is 0 Å². The summed E-state index contributed by atoms with van der Waals surface area (Å²) in [5, 5.41) is 4.27. The highest BCUT2D eigenvalue weighted by atomic mass is 35.5. The number of nitrogens with one attached hydrogen (secondary N) is 1. The minimum atomic E-state index is 0.114. The standard InChI is InChI=1S/C15H17ClN4O/c1-17-15(21)10-4-6-20(7-5-10)13-3-2-11-8-12(16)9-18-14(11)19-13/h2-3,8-10H,4-7H2,1H3,(H,17,21). The normalized spacial score (nSPS) is 16.2. The molecule has 0 spiro atoms. The van der Waals surface area contributed by atoms with Crippen molar-refractivity contribution in [2.45, 2.75) is 12.8 Å². The van der Waals surface area contributed by atoms with E-state index in [0.717, 1.165) is 37.1 Å². The van der Waals surface area contributed by atoms with E-state index in [-0.39, 0.29) is 11.8 Å². The molecule has 1 aliphatic rings. The molecular formula is C15H17ClN4O. The van der Waals surface area contributed by atoms with E-state index in [1.54, 1.807) is 13.2 Å². The summed E-state index contributed by atoms with van der Waals surface area (Å²) in [6.07, 6.45) is 3.32. The van der Waals surface area contributed by atoms with Gasteiger partial charge in [0.25, 0.3) is 0 Å². The molecule has 21 heavy (non-hydrogen) atoms. The van der Waals surface area contributed by atoms with Gasteiger partial charge in [0, 0.05) is 37.6 Å². The van der Waals surface area contributed by atoms with E-state index in [0.29, 0.717) is 10.7 Å². The minimum absolute atomic E-state index is 0.114. The predicted molar refractivity (Wildman–Crippen MR) is 83.6 cm³/mol. The molecule has 3 heterocycles. The number of carbonyl (C=O) groups is 1. The molecule has 0 atom stereocenters. The van der Waals surface area contributed by atoms with Crippen LogP contribution in [-0.4, -0.2) is 36.0 Å². The molecule has 1 fully saturated rings. The van der Waals surface area contributed by atoms with E-state index in [1.807, 2.05) is 18.2 Å². The van der Waals surface area contributed by atoms with Crippen molar-refractivity contribution < 1.29 is 4.79 Å². The van der Waals surface area contributed by atoms with Crippen LogP contribution < -0.4 is 10.2 Å². The van der Waals surface area contributed by atoms with Crippen molar-refractivity contribution in [1.82, 2.24) is 15.3 Å². The zero-order chi connectivity index (χ0) is 14.8. The predicted octanol–water partition coefficient (Wildman–Crippen LogP) is 2.25. The number of pyridine rings is 2. The Labute approximate surface area is 128 Å². The third-order valence-corrected chi connectivity index (χ3v) is 4.14. The first-order valence-corrected chi connectivity index (χ1v) is 7.44. The number of halogens is 1. The molecule has 1 amide bonds. The molecule has 2 aromatic heterocycles. The summed E-state index contributed by atoms with van der Waals surface area (Å²) in [4.78, 5) is 22.7. The van der Waals surface area contributed by atoms with Crippen LogP contribution in [0.5, 0.6) is 0 Å². The van der Waals surface area contributed by atoms with Crippen LogP contribution in [0.1, 0.15) is 12.8 Å². The van der Waals surface area contributed by atoms with Crippen LogP contribution in [-0.2, 0) is 4.79 Å². The molecule has 1 saturated heterocycles. The largest absolute Gasteiger partial charge is 0.359 e. The number of hydrogen-bond acceptors (Lipinski definition) is 4. The zero-order valence-corrected chi connectivity index (χ0v) is 12.6. The summed E-state index contributed by atoms with van der Waals surface area (Å²) in [6.45, 7) is 1.67. The monoisotopic (exact) mass is 304 g/mol. The first kappa shape index (κ1) is 14.1. The highest BCUT2D eigenvalue weighted by Crippen LogP contribution is 2.24. The first-order chi connectivity index (χ1) is 10.2. The smallest absolute Gasteiger partial charge is 0.222 e. The Morgan fingerprint density at radius 1 is 1.38 bits per heavy atom. The quantitative estimate of drug-likeness (QED) is 0.924. The summed E-state index contributed by atoms with van der Waals surface area (Å²) in [5.74, 6) is 1.16. The van der Waals surface area contributed by atoms with Crippen molar-refractivity contribution in [3.63, 3.8) is 0 Å². The van der Waals surface area contributed by atoms with Crippen molar-refractivity contribution in [3.05, 3.63) is 29.4 Å². The number of rotatable bonds is 2. The van der Waals surface area contributed by atoms with Gasteiger partial charge in [-0.2, -0.15) is 0 Å². The lowest BCUT2D eigenvalue weighted by atomic mass is 9.96. The first-order valence-electron chi connectivity index (χ1n) is 7.06. The molecule has 1 aliphatic heterocycles.